The second-order valence-electron chi connectivity index (χ2n) is 4.88. The molecular weight excluding hydrogens is 268 g/mol. The molecule has 0 amide bonds. The topological polar surface area (TPSA) is 52.6 Å². The molecule has 0 heterocycles. The van der Waals surface area contributed by atoms with Gasteiger partial charge in [-0.1, -0.05) is 46.0 Å². The van der Waals surface area contributed by atoms with E-state index in [1.165, 1.54) is 12.8 Å². The summed E-state index contributed by atoms with van der Waals surface area (Å²) >= 11 is 0. The molecule has 0 saturated carbocycles. The van der Waals surface area contributed by atoms with Crippen molar-refractivity contribution in [3.63, 3.8) is 0 Å². The zero-order valence-corrected chi connectivity index (χ0v) is 14.4. The van der Waals surface area contributed by atoms with Gasteiger partial charge in [0.1, 0.15) is 0 Å². The number of carbonyl (C=O) groups excluding carboxylic acids is 2. The Kier molecular flexibility index (Phi) is 20.0. The lowest BCUT2D eigenvalue weighted by molar-refractivity contribution is -0.144. The second kappa shape index (κ2) is 18.9. The van der Waals surface area contributed by atoms with Gasteiger partial charge in [0.05, 0.1) is 13.2 Å². The molecule has 4 nitrogen and oxygen atoms in total. The van der Waals surface area contributed by atoms with Gasteiger partial charge in [-0.15, -0.1) is 0 Å². The van der Waals surface area contributed by atoms with E-state index in [9.17, 15) is 9.59 Å². The van der Waals surface area contributed by atoms with Crippen LogP contribution in [0, 0.1) is 0 Å². The third kappa shape index (κ3) is 21.4. The SMILES string of the molecule is CCCCCC(=O)OCC.CCCCCCC(=O)OCC. The molecule has 21 heavy (non-hydrogen) atoms. The summed E-state index contributed by atoms with van der Waals surface area (Å²) in [5.41, 5.74) is 0. The lowest BCUT2D eigenvalue weighted by atomic mass is 10.2. The lowest BCUT2D eigenvalue weighted by Crippen LogP contribution is -2.02. The summed E-state index contributed by atoms with van der Waals surface area (Å²) in [5.74, 6) is -0.112. The zero-order chi connectivity index (χ0) is 16.3. The molecule has 0 aliphatic rings. The molecule has 0 aromatic rings. The molecule has 0 aliphatic carbocycles. The van der Waals surface area contributed by atoms with Gasteiger partial charge in [0.15, 0.2) is 0 Å². The van der Waals surface area contributed by atoms with Gasteiger partial charge in [0.25, 0.3) is 0 Å². The first-order valence-electron chi connectivity index (χ1n) is 8.43. The smallest absolute Gasteiger partial charge is 0.305 e. The van der Waals surface area contributed by atoms with Crippen molar-refractivity contribution in [1.29, 1.82) is 0 Å². The van der Waals surface area contributed by atoms with Crippen LogP contribution in [0.15, 0.2) is 0 Å². The fraction of sp³-hybridized carbons (Fsp3) is 0.882. The van der Waals surface area contributed by atoms with Gasteiger partial charge in [-0.25, -0.2) is 0 Å². The van der Waals surface area contributed by atoms with E-state index < -0.39 is 0 Å². The Morgan fingerprint density at radius 3 is 1.38 bits per heavy atom. The molecule has 0 atom stereocenters. The largest absolute Gasteiger partial charge is 0.466 e. The van der Waals surface area contributed by atoms with Crippen LogP contribution in [0.25, 0.3) is 0 Å². The summed E-state index contributed by atoms with van der Waals surface area (Å²) in [7, 11) is 0. The molecule has 0 unspecified atom stereocenters. The average Bonchev–Trinajstić information content (AvgIpc) is 2.45. The average molecular weight is 302 g/mol. The van der Waals surface area contributed by atoms with Crippen molar-refractivity contribution in [2.45, 2.75) is 85.5 Å². The maximum atomic E-state index is 10.8. The van der Waals surface area contributed by atoms with Gasteiger partial charge in [0, 0.05) is 12.8 Å². The molecular formula is C17H34O4. The molecule has 0 bridgehead atoms. The molecule has 126 valence electrons. The van der Waals surface area contributed by atoms with Crippen LogP contribution in [-0.2, 0) is 19.1 Å². The normalized spacial score (nSPS) is 9.52. The molecule has 0 aliphatic heterocycles. The Morgan fingerprint density at radius 2 is 1.00 bits per heavy atom. The summed E-state index contributed by atoms with van der Waals surface area (Å²) in [6.07, 6.45) is 8.98. The number of hydrogen-bond donors (Lipinski definition) is 0. The van der Waals surface area contributed by atoms with Crippen LogP contribution >= 0.6 is 0 Å². The Morgan fingerprint density at radius 1 is 0.619 bits per heavy atom. The van der Waals surface area contributed by atoms with Crippen LogP contribution in [0.1, 0.15) is 85.5 Å². The maximum absolute atomic E-state index is 10.8. The van der Waals surface area contributed by atoms with Gasteiger partial charge >= 0.3 is 11.9 Å². The highest BCUT2D eigenvalue weighted by Crippen LogP contribution is 2.03. The summed E-state index contributed by atoms with van der Waals surface area (Å²) in [5, 5.41) is 0. The number of carbonyl (C=O) groups is 2. The number of esters is 2. The third-order valence-electron chi connectivity index (χ3n) is 2.83. The summed E-state index contributed by atoms with van der Waals surface area (Å²) < 4.78 is 9.53. The van der Waals surface area contributed by atoms with Crippen molar-refractivity contribution in [3.8, 4) is 0 Å². The van der Waals surface area contributed by atoms with E-state index >= 15 is 0 Å². The minimum atomic E-state index is -0.0593. The summed E-state index contributed by atoms with van der Waals surface area (Å²) in [6, 6.07) is 0. The highest BCUT2D eigenvalue weighted by Gasteiger charge is 1.99. The quantitative estimate of drug-likeness (QED) is 0.412. The summed E-state index contributed by atoms with van der Waals surface area (Å²) in [4.78, 5) is 21.5. The van der Waals surface area contributed by atoms with Crippen LogP contribution in [0.5, 0.6) is 0 Å². The summed E-state index contributed by atoms with van der Waals surface area (Å²) in [6.45, 7) is 8.95. The molecule has 0 spiro atoms. The number of rotatable bonds is 11. The van der Waals surface area contributed by atoms with Crippen molar-refractivity contribution in [2.24, 2.45) is 0 Å². The lowest BCUT2D eigenvalue weighted by Gasteiger charge is -2.00. The van der Waals surface area contributed by atoms with Crippen molar-refractivity contribution in [2.75, 3.05) is 13.2 Å². The van der Waals surface area contributed by atoms with Crippen molar-refractivity contribution < 1.29 is 19.1 Å². The number of unbranched alkanes of at least 4 members (excludes halogenated alkanes) is 5. The fourth-order valence-corrected chi connectivity index (χ4v) is 1.68. The van der Waals surface area contributed by atoms with E-state index in [0.29, 0.717) is 26.1 Å². The first kappa shape index (κ1) is 22.2. The molecule has 4 heteroatoms. The molecule has 0 radical (unpaired) electrons. The van der Waals surface area contributed by atoms with Crippen molar-refractivity contribution in [1.82, 2.24) is 0 Å². The van der Waals surface area contributed by atoms with Crippen LogP contribution in [-0.4, -0.2) is 25.2 Å². The van der Waals surface area contributed by atoms with E-state index in [2.05, 4.69) is 13.8 Å². The van der Waals surface area contributed by atoms with Crippen LogP contribution < -0.4 is 0 Å². The first-order chi connectivity index (χ1) is 10.1. The molecule has 0 aromatic carbocycles. The Labute approximate surface area is 130 Å². The van der Waals surface area contributed by atoms with Crippen LogP contribution in [0.2, 0.25) is 0 Å². The zero-order valence-electron chi connectivity index (χ0n) is 14.4. The maximum Gasteiger partial charge on any atom is 0.305 e. The third-order valence-corrected chi connectivity index (χ3v) is 2.83. The monoisotopic (exact) mass is 302 g/mol. The van der Waals surface area contributed by atoms with Crippen LogP contribution in [0.4, 0.5) is 0 Å². The Bertz CT molecular complexity index is 239. The Balaban J connectivity index is 0. The fourth-order valence-electron chi connectivity index (χ4n) is 1.68. The molecule has 0 aromatic heterocycles. The van der Waals surface area contributed by atoms with E-state index in [1.54, 1.807) is 0 Å². The predicted molar refractivity (Wildman–Crippen MR) is 86.2 cm³/mol. The van der Waals surface area contributed by atoms with Crippen LogP contribution in [0.3, 0.4) is 0 Å². The van der Waals surface area contributed by atoms with Gasteiger partial charge < -0.3 is 9.47 Å². The van der Waals surface area contributed by atoms with E-state index in [1.807, 2.05) is 13.8 Å². The minimum absolute atomic E-state index is 0.0522. The number of ether oxygens (including phenoxy) is 2. The molecule has 0 saturated heterocycles. The van der Waals surface area contributed by atoms with E-state index in [-0.39, 0.29) is 11.9 Å². The van der Waals surface area contributed by atoms with E-state index in [4.69, 9.17) is 9.47 Å². The van der Waals surface area contributed by atoms with Gasteiger partial charge in [-0.2, -0.15) is 0 Å². The van der Waals surface area contributed by atoms with Gasteiger partial charge in [-0.3, -0.25) is 9.59 Å². The van der Waals surface area contributed by atoms with Gasteiger partial charge in [-0.05, 0) is 26.7 Å². The number of hydrogen-bond acceptors (Lipinski definition) is 4. The first-order valence-corrected chi connectivity index (χ1v) is 8.43. The standard InChI is InChI=1S/C9H18O2.C8H16O2/c1-3-5-6-7-8-9(10)11-4-2;1-3-5-6-7-8(9)10-4-2/h3-8H2,1-2H3;3-7H2,1-2H3. The van der Waals surface area contributed by atoms with E-state index in [0.717, 1.165) is 32.1 Å². The van der Waals surface area contributed by atoms with Gasteiger partial charge in [0.2, 0.25) is 0 Å². The molecule has 0 rings (SSSR count). The predicted octanol–water partition coefficient (Wildman–Crippen LogP) is 4.65. The molecule has 0 fully saturated rings. The highest BCUT2D eigenvalue weighted by atomic mass is 16.5. The Hall–Kier alpha value is -1.06. The van der Waals surface area contributed by atoms with Crippen molar-refractivity contribution >= 4 is 11.9 Å². The van der Waals surface area contributed by atoms with Crippen molar-refractivity contribution in [3.05, 3.63) is 0 Å². The highest BCUT2D eigenvalue weighted by molar-refractivity contribution is 5.69. The molecule has 0 N–H and O–H groups in total. The minimum Gasteiger partial charge on any atom is -0.466 e. The second-order valence-corrected chi connectivity index (χ2v) is 4.88.